The van der Waals surface area contributed by atoms with Crippen LogP contribution < -0.4 is 10.1 Å². The van der Waals surface area contributed by atoms with Crippen molar-refractivity contribution in [1.82, 2.24) is 10.2 Å². The molecule has 0 saturated carbocycles. The normalized spacial score (nSPS) is 18.9. The van der Waals surface area contributed by atoms with E-state index in [1.54, 1.807) is 31.4 Å². The third-order valence-corrected chi connectivity index (χ3v) is 5.27. The molecular formula is C22H24N2O4. The lowest BCUT2D eigenvalue weighted by Crippen LogP contribution is -2.44. The molecule has 1 aliphatic heterocycles. The molecule has 1 aliphatic rings. The van der Waals surface area contributed by atoms with Crippen LogP contribution in [0, 0.1) is 13.8 Å². The molecule has 1 atom stereocenters. The number of imide groups is 1. The van der Waals surface area contributed by atoms with Gasteiger partial charge in [-0.25, -0.2) is 4.79 Å². The van der Waals surface area contributed by atoms with Crippen LogP contribution in [0.5, 0.6) is 5.75 Å². The number of carbonyl (C=O) groups is 3. The van der Waals surface area contributed by atoms with Crippen molar-refractivity contribution in [3.05, 3.63) is 64.7 Å². The first kappa shape index (κ1) is 19.6. The van der Waals surface area contributed by atoms with E-state index in [2.05, 4.69) is 5.32 Å². The van der Waals surface area contributed by atoms with Crippen molar-refractivity contribution in [2.75, 3.05) is 13.7 Å². The number of aryl methyl sites for hydroxylation is 2. The highest BCUT2D eigenvalue weighted by Crippen LogP contribution is 2.34. The Hall–Kier alpha value is -3.15. The van der Waals surface area contributed by atoms with Gasteiger partial charge in [0, 0.05) is 5.56 Å². The monoisotopic (exact) mass is 380 g/mol. The zero-order valence-corrected chi connectivity index (χ0v) is 16.5. The summed E-state index contributed by atoms with van der Waals surface area (Å²) in [5, 5.41) is 2.81. The molecule has 2 aromatic carbocycles. The second-order valence-electron chi connectivity index (χ2n) is 7.05. The van der Waals surface area contributed by atoms with Gasteiger partial charge >= 0.3 is 6.03 Å². The number of hydrogen-bond donors (Lipinski definition) is 1. The van der Waals surface area contributed by atoms with Gasteiger partial charge < -0.3 is 10.1 Å². The minimum Gasteiger partial charge on any atom is -0.496 e. The average Bonchev–Trinajstić information content (AvgIpc) is 2.93. The van der Waals surface area contributed by atoms with Gasteiger partial charge in [0.05, 0.1) is 13.7 Å². The van der Waals surface area contributed by atoms with Gasteiger partial charge in [-0.05, 0) is 43.5 Å². The smallest absolute Gasteiger partial charge is 0.325 e. The molecular weight excluding hydrogens is 356 g/mol. The lowest BCUT2D eigenvalue weighted by molar-refractivity contribution is -0.131. The van der Waals surface area contributed by atoms with Crippen LogP contribution in [0.4, 0.5) is 4.79 Å². The largest absolute Gasteiger partial charge is 0.496 e. The van der Waals surface area contributed by atoms with E-state index in [0.29, 0.717) is 23.3 Å². The van der Waals surface area contributed by atoms with Crippen molar-refractivity contribution in [2.45, 2.75) is 32.7 Å². The molecule has 6 heteroatoms. The summed E-state index contributed by atoms with van der Waals surface area (Å²) in [6.07, 6.45) is 0.374. The van der Waals surface area contributed by atoms with Gasteiger partial charge in [0.15, 0.2) is 5.78 Å². The molecule has 28 heavy (non-hydrogen) atoms. The fraction of sp³-hybridized carbons (Fsp3) is 0.318. The van der Waals surface area contributed by atoms with E-state index in [9.17, 15) is 14.4 Å². The second kappa shape index (κ2) is 7.46. The standard InChI is InChI=1S/C22H24N2O4/c1-5-22(17-10-11-19(28-4)15(3)12-17)20(26)24(21(27)23-22)13-18(25)16-8-6-14(2)7-9-16/h6-12H,5,13H2,1-4H3,(H,23,27). The minimum absolute atomic E-state index is 0.277. The molecule has 0 spiro atoms. The maximum absolute atomic E-state index is 13.2. The summed E-state index contributed by atoms with van der Waals surface area (Å²) >= 11 is 0. The Kier molecular flexibility index (Phi) is 5.23. The molecule has 2 aromatic rings. The van der Waals surface area contributed by atoms with E-state index in [4.69, 9.17) is 4.74 Å². The quantitative estimate of drug-likeness (QED) is 0.616. The number of Topliss-reactive ketones (excluding diaryl/α,β-unsaturated/α-hetero) is 1. The number of amides is 3. The zero-order valence-electron chi connectivity index (χ0n) is 16.5. The predicted octanol–water partition coefficient (Wildman–Crippen LogP) is 3.35. The summed E-state index contributed by atoms with van der Waals surface area (Å²) in [5.41, 5.74) is 1.87. The van der Waals surface area contributed by atoms with Crippen LogP contribution in [-0.2, 0) is 10.3 Å². The van der Waals surface area contributed by atoms with Gasteiger partial charge in [0.25, 0.3) is 5.91 Å². The molecule has 0 bridgehead atoms. The lowest BCUT2D eigenvalue weighted by Gasteiger charge is -2.26. The predicted molar refractivity (Wildman–Crippen MR) is 105 cm³/mol. The molecule has 1 fully saturated rings. The van der Waals surface area contributed by atoms with Gasteiger partial charge in [0.2, 0.25) is 0 Å². The topological polar surface area (TPSA) is 75.7 Å². The first-order valence-corrected chi connectivity index (χ1v) is 9.21. The summed E-state index contributed by atoms with van der Waals surface area (Å²) in [6, 6.07) is 11.9. The van der Waals surface area contributed by atoms with Crippen molar-refractivity contribution in [3.63, 3.8) is 0 Å². The van der Waals surface area contributed by atoms with E-state index < -0.39 is 17.5 Å². The maximum Gasteiger partial charge on any atom is 0.325 e. The Labute approximate surface area is 164 Å². The van der Waals surface area contributed by atoms with Crippen LogP contribution in [0.2, 0.25) is 0 Å². The number of nitrogens with zero attached hydrogens (tertiary/aromatic N) is 1. The number of methoxy groups -OCH3 is 1. The van der Waals surface area contributed by atoms with Gasteiger partial charge in [-0.3, -0.25) is 14.5 Å². The SMILES string of the molecule is CCC1(c2ccc(OC)c(C)c2)NC(=O)N(CC(=O)c2ccc(C)cc2)C1=O. The van der Waals surface area contributed by atoms with Crippen LogP contribution in [-0.4, -0.2) is 36.3 Å². The lowest BCUT2D eigenvalue weighted by atomic mass is 9.86. The summed E-state index contributed by atoms with van der Waals surface area (Å²) in [7, 11) is 1.58. The fourth-order valence-electron chi connectivity index (χ4n) is 3.53. The van der Waals surface area contributed by atoms with Gasteiger partial charge in [-0.2, -0.15) is 0 Å². The fourth-order valence-corrected chi connectivity index (χ4v) is 3.53. The van der Waals surface area contributed by atoms with Crippen molar-refractivity contribution < 1.29 is 19.1 Å². The molecule has 1 heterocycles. The molecule has 0 aliphatic carbocycles. The molecule has 1 saturated heterocycles. The molecule has 146 valence electrons. The molecule has 1 N–H and O–H groups in total. The minimum atomic E-state index is -1.18. The number of ketones is 1. The number of benzene rings is 2. The first-order chi connectivity index (χ1) is 13.3. The zero-order chi connectivity index (χ0) is 20.5. The van der Waals surface area contributed by atoms with E-state index in [1.807, 2.05) is 39.0 Å². The number of carbonyl (C=O) groups excluding carboxylic acids is 3. The second-order valence-corrected chi connectivity index (χ2v) is 7.05. The number of rotatable bonds is 6. The van der Waals surface area contributed by atoms with Crippen LogP contribution in [0.15, 0.2) is 42.5 Å². The summed E-state index contributed by atoms with van der Waals surface area (Å²) in [4.78, 5) is 39.4. The van der Waals surface area contributed by atoms with Crippen molar-refractivity contribution >= 4 is 17.7 Å². The van der Waals surface area contributed by atoms with Crippen molar-refractivity contribution in [2.24, 2.45) is 0 Å². The Morgan fingerprint density at radius 3 is 2.36 bits per heavy atom. The summed E-state index contributed by atoms with van der Waals surface area (Å²) < 4.78 is 5.28. The number of nitrogens with one attached hydrogen (secondary N) is 1. The number of urea groups is 1. The van der Waals surface area contributed by atoms with Crippen LogP contribution in [0.3, 0.4) is 0 Å². The molecule has 1 unspecified atom stereocenters. The Bertz CT molecular complexity index is 936. The Morgan fingerprint density at radius 2 is 1.79 bits per heavy atom. The van der Waals surface area contributed by atoms with Gasteiger partial charge in [0.1, 0.15) is 11.3 Å². The number of ether oxygens (including phenoxy) is 1. The van der Waals surface area contributed by atoms with Crippen molar-refractivity contribution in [1.29, 1.82) is 0 Å². The first-order valence-electron chi connectivity index (χ1n) is 9.21. The van der Waals surface area contributed by atoms with Crippen LogP contribution in [0.1, 0.15) is 40.4 Å². The molecule has 3 amide bonds. The third kappa shape index (κ3) is 3.26. The van der Waals surface area contributed by atoms with E-state index in [0.717, 1.165) is 16.0 Å². The highest BCUT2D eigenvalue weighted by Gasteiger charge is 2.51. The highest BCUT2D eigenvalue weighted by atomic mass is 16.5. The average molecular weight is 380 g/mol. The van der Waals surface area contributed by atoms with E-state index in [1.165, 1.54) is 0 Å². The molecule has 0 aromatic heterocycles. The highest BCUT2D eigenvalue weighted by molar-refractivity contribution is 6.11. The van der Waals surface area contributed by atoms with Crippen molar-refractivity contribution in [3.8, 4) is 5.75 Å². The molecule has 0 radical (unpaired) electrons. The van der Waals surface area contributed by atoms with Crippen LogP contribution >= 0.6 is 0 Å². The maximum atomic E-state index is 13.2. The molecule has 3 rings (SSSR count). The van der Waals surface area contributed by atoms with Crippen LogP contribution in [0.25, 0.3) is 0 Å². The van der Waals surface area contributed by atoms with Gasteiger partial charge in [-0.15, -0.1) is 0 Å². The van der Waals surface area contributed by atoms with E-state index >= 15 is 0 Å². The van der Waals surface area contributed by atoms with Gasteiger partial charge in [-0.1, -0.05) is 42.8 Å². The Balaban J connectivity index is 1.89. The molecule has 6 nitrogen and oxygen atoms in total. The summed E-state index contributed by atoms with van der Waals surface area (Å²) in [6.45, 7) is 5.36. The summed E-state index contributed by atoms with van der Waals surface area (Å²) in [5.74, 6) is 0.0181. The van der Waals surface area contributed by atoms with E-state index in [-0.39, 0.29) is 12.3 Å². The third-order valence-electron chi connectivity index (χ3n) is 5.27. The number of hydrogen-bond acceptors (Lipinski definition) is 4. The Morgan fingerprint density at radius 1 is 1.11 bits per heavy atom.